The third-order valence-electron chi connectivity index (χ3n) is 4.06. The van der Waals surface area contributed by atoms with Gasteiger partial charge in [-0.05, 0) is 38.5 Å². The molecule has 3 rings (SSSR count). The first-order chi connectivity index (χ1) is 9.72. The number of amides is 2. The van der Waals surface area contributed by atoms with Gasteiger partial charge in [-0.3, -0.25) is 0 Å². The molecule has 1 saturated heterocycles. The highest BCUT2D eigenvalue weighted by molar-refractivity contribution is 5.74. The number of ether oxygens (including phenoxy) is 1. The van der Waals surface area contributed by atoms with Gasteiger partial charge in [0.25, 0.3) is 0 Å². The van der Waals surface area contributed by atoms with Crippen LogP contribution in [0.5, 0.6) is 0 Å². The summed E-state index contributed by atoms with van der Waals surface area (Å²) < 4.78 is 10.8. The molecular formula is C14H21N3O3. The fourth-order valence-corrected chi connectivity index (χ4v) is 2.65. The van der Waals surface area contributed by atoms with Gasteiger partial charge >= 0.3 is 6.03 Å². The molecule has 2 aliphatic rings. The van der Waals surface area contributed by atoms with Crippen molar-refractivity contribution < 1.29 is 13.9 Å². The summed E-state index contributed by atoms with van der Waals surface area (Å²) in [6, 6.07) is 0.0709. The van der Waals surface area contributed by atoms with Crippen molar-refractivity contribution in [1.29, 1.82) is 0 Å². The third-order valence-corrected chi connectivity index (χ3v) is 4.06. The predicted octanol–water partition coefficient (Wildman–Crippen LogP) is 1.74. The van der Waals surface area contributed by atoms with Gasteiger partial charge in [-0.2, -0.15) is 0 Å². The standard InChI is InChI=1S/C14H21N3O3/c1-9-12(16-8-20-9)7-15-14(18)17-11-4-5-19-13(6-11)10-2-3-10/h8,10-11,13H,2-7H2,1H3,(H2,15,17,18)/t11-,13-/m0/s1. The number of urea groups is 1. The highest BCUT2D eigenvalue weighted by Gasteiger charge is 2.36. The van der Waals surface area contributed by atoms with Crippen molar-refractivity contribution in [3.63, 3.8) is 0 Å². The van der Waals surface area contributed by atoms with Crippen LogP contribution in [0.1, 0.15) is 37.1 Å². The topological polar surface area (TPSA) is 76.4 Å². The largest absolute Gasteiger partial charge is 0.448 e. The van der Waals surface area contributed by atoms with Gasteiger partial charge in [-0.1, -0.05) is 0 Å². The monoisotopic (exact) mass is 279 g/mol. The molecule has 0 unspecified atom stereocenters. The van der Waals surface area contributed by atoms with E-state index in [0.29, 0.717) is 12.6 Å². The summed E-state index contributed by atoms with van der Waals surface area (Å²) in [6.07, 6.45) is 6.10. The van der Waals surface area contributed by atoms with Crippen LogP contribution in [0.3, 0.4) is 0 Å². The van der Waals surface area contributed by atoms with Crippen LogP contribution in [0.4, 0.5) is 4.79 Å². The summed E-state index contributed by atoms with van der Waals surface area (Å²) in [4.78, 5) is 15.9. The summed E-state index contributed by atoms with van der Waals surface area (Å²) >= 11 is 0. The van der Waals surface area contributed by atoms with Crippen molar-refractivity contribution in [2.75, 3.05) is 6.61 Å². The van der Waals surface area contributed by atoms with E-state index in [1.54, 1.807) is 0 Å². The maximum absolute atomic E-state index is 11.9. The van der Waals surface area contributed by atoms with Crippen molar-refractivity contribution in [2.24, 2.45) is 5.92 Å². The first kappa shape index (κ1) is 13.4. The Morgan fingerprint density at radius 3 is 3.00 bits per heavy atom. The Morgan fingerprint density at radius 2 is 2.30 bits per heavy atom. The number of hydrogen-bond acceptors (Lipinski definition) is 4. The Kier molecular flexibility index (Phi) is 3.91. The molecular weight excluding hydrogens is 258 g/mol. The molecule has 2 atom stereocenters. The molecule has 2 heterocycles. The first-order valence-electron chi connectivity index (χ1n) is 7.27. The molecule has 1 aromatic heterocycles. The van der Waals surface area contributed by atoms with E-state index >= 15 is 0 Å². The van der Waals surface area contributed by atoms with E-state index in [2.05, 4.69) is 15.6 Å². The molecule has 2 amide bonds. The number of carbonyl (C=O) groups excluding carboxylic acids is 1. The lowest BCUT2D eigenvalue weighted by Crippen LogP contribution is -2.46. The van der Waals surface area contributed by atoms with Gasteiger partial charge in [0.15, 0.2) is 6.39 Å². The number of aromatic nitrogens is 1. The highest BCUT2D eigenvalue weighted by Crippen LogP contribution is 2.38. The quantitative estimate of drug-likeness (QED) is 0.880. The van der Waals surface area contributed by atoms with Crippen molar-refractivity contribution in [3.05, 3.63) is 17.8 Å². The molecule has 0 bridgehead atoms. The van der Waals surface area contributed by atoms with Gasteiger partial charge in [0, 0.05) is 12.6 Å². The van der Waals surface area contributed by atoms with E-state index in [1.807, 2.05) is 6.92 Å². The van der Waals surface area contributed by atoms with E-state index in [9.17, 15) is 4.79 Å². The zero-order chi connectivity index (χ0) is 13.9. The zero-order valence-corrected chi connectivity index (χ0v) is 11.7. The van der Waals surface area contributed by atoms with Gasteiger partial charge in [-0.25, -0.2) is 9.78 Å². The lowest BCUT2D eigenvalue weighted by molar-refractivity contribution is -0.00914. The second kappa shape index (κ2) is 5.83. The average Bonchev–Trinajstić information content (AvgIpc) is 3.21. The lowest BCUT2D eigenvalue weighted by Gasteiger charge is -2.30. The van der Waals surface area contributed by atoms with Crippen molar-refractivity contribution in [2.45, 2.75) is 51.3 Å². The minimum atomic E-state index is -0.145. The Morgan fingerprint density at radius 1 is 1.45 bits per heavy atom. The summed E-state index contributed by atoms with van der Waals surface area (Å²) in [7, 11) is 0. The van der Waals surface area contributed by atoms with Gasteiger partial charge in [0.2, 0.25) is 0 Å². The lowest BCUT2D eigenvalue weighted by atomic mass is 10.0. The van der Waals surface area contributed by atoms with Crippen LogP contribution in [0.15, 0.2) is 10.8 Å². The molecule has 1 aliphatic heterocycles. The summed E-state index contributed by atoms with van der Waals surface area (Å²) in [5, 5.41) is 5.84. The fourth-order valence-electron chi connectivity index (χ4n) is 2.65. The normalized spacial score (nSPS) is 26.2. The van der Waals surface area contributed by atoms with Crippen LogP contribution in [0.2, 0.25) is 0 Å². The molecule has 1 saturated carbocycles. The minimum absolute atomic E-state index is 0.145. The number of oxazole rings is 1. The van der Waals surface area contributed by atoms with Crippen molar-refractivity contribution in [3.8, 4) is 0 Å². The van der Waals surface area contributed by atoms with Crippen LogP contribution >= 0.6 is 0 Å². The number of nitrogens with zero attached hydrogens (tertiary/aromatic N) is 1. The Hall–Kier alpha value is -1.56. The molecule has 1 aromatic rings. The molecule has 6 nitrogen and oxygen atoms in total. The maximum Gasteiger partial charge on any atom is 0.315 e. The SMILES string of the molecule is Cc1ocnc1CNC(=O)N[C@H]1CCO[C@H](C2CC2)C1. The fraction of sp³-hybridized carbons (Fsp3) is 0.714. The van der Waals surface area contributed by atoms with E-state index in [1.165, 1.54) is 19.2 Å². The van der Waals surface area contributed by atoms with E-state index in [0.717, 1.165) is 36.8 Å². The number of hydrogen-bond donors (Lipinski definition) is 2. The van der Waals surface area contributed by atoms with Crippen LogP contribution in [-0.2, 0) is 11.3 Å². The van der Waals surface area contributed by atoms with Gasteiger partial charge in [-0.15, -0.1) is 0 Å². The van der Waals surface area contributed by atoms with Gasteiger partial charge in [0.1, 0.15) is 11.5 Å². The van der Waals surface area contributed by atoms with E-state index in [4.69, 9.17) is 9.15 Å². The molecule has 20 heavy (non-hydrogen) atoms. The minimum Gasteiger partial charge on any atom is -0.448 e. The maximum atomic E-state index is 11.9. The first-order valence-corrected chi connectivity index (χ1v) is 7.27. The van der Waals surface area contributed by atoms with Crippen LogP contribution in [-0.4, -0.2) is 29.8 Å². The number of carbonyl (C=O) groups is 1. The van der Waals surface area contributed by atoms with Gasteiger partial charge < -0.3 is 19.8 Å². The Bertz CT molecular complexity index is 470. The number of rotatable bonds is 4. The van der Waals surface area contributed by atoms with Crippen molar-refractivity contribution in [1.82, 2.24) is 15.6 Å². The average molecular weight is 279 g/mol. The Balaban J connectivity index is 1.42. The molecule has 0 spiro atoms. The summed E-state index contributed by atoms with van der Waals surface area (Å²) in [5.41, 5.74) is 0.767. The molecule has 1 aliphatic carbocycles. The smallest absolute Gasteiger partial charge is 0.315 e. The molecule has 110 valence electrons. The predicted molar refractivity (Wildman–Crippen MR) is 72.1 cm³/mol. The second-order valence-corrected chi connectivity index (χ2v) is 5.65. The van der Waals surface area contributed by atoms with E-state index in [-0.39, 0.29) is 12.1 Å². The zero-order valence-electron chi connectivity index (χ0n) is 11.7. The van der Waals surface area contributed by atoms with Crippen molar-refractivity contribution >= 4 is 6.03 Å². The van der Waals surface area contributed by atoms with E-state index < -0.39 is 0 Å². The molecule has 0 radical (unpaired) electrons. The Labute approximate surface area is 118 Å². The second-order valence-electron chi connectivity index (χ2n) is 5.65. The molecule has 2 fully saturated rings. The van der Waals surface area contributed by atoms with Crippen LogP contribution in [0, 0.1) is 12.8 Å². The summed E-state index contributed by atoms with van der Waals surface area (Å²) in [6.45, 7) is 2.97. The molecule has 2 N–H and O–H groups in total. The van der Waals surface area contributed by atoms with Crippen LogP contribution in [0.25, 0.3) is 0 Å². The number of aryl methyl sites for hydroxylation is 1. The highest BCUT2D eigenvalue weighted by atomic mass is 16.5. The van der Waals surface area contributed by atoms with Gasteiger partial charge in [0.05, 0.1) is 12.6 Å². The van der Waals surface area contributed by atoms with Crippen LogP contribution < -0.4 is 10.6 Å². The molecule has 0 aromatic carbocycles. The molecule has 6 heteroatoms. The summed E-state index contributed by atoms with van der Waals surface area (Å²) in [5.74, 6) is 1.46. The number of nitrogens with one attached hydrogen (secondary N) is 2. The third kappa shape index (κ3) is 3.30.